The van der Waals surface area contributed by atoms with E-state index in [0.717, 1.165) is 11.4 Å². The lowest BCUT2D eigenvalue weighted by Gasteiger charge is -2.07. The van der Waals surface area contributed by atoms with Gasteiger partial charge in [0.2, 0.25) is 0 Å². The molecule has 3 aromatic rings. The second kappa shape index (κ2) is 5.26. The smallest absolute Gasteiger partial charge is 0.261 e. The fourth-order valence-corrected chi connectivity index (χ4v) is 2.43. The van der Waals surface area contributed by atoms with E-state index < -0.39 is 0 Å². The van der Waals surface area contributed by atoms with Crippen molar-refractivity contribution in [1.82, 2.24) is 19.5 Å². The van der Waals surface area contributed by atoms with Crippen LogP contribution in [0.25, 0.3) is 10.9 Å². The Hall–Kier alpha value is -2.27. The Morgan fingerprint density at radius 3 is 2.57 bits per heavy atom. The van der Waals surface area contributed by atoms with E-state index in [0.29, 0.717) is 28.3 Å². The highest BCUT2D eigenvalue weighted by atomic mass is 35.5. The molecule has 0 saturated heterocycles. The van der Waals surface area contributed by atoms with Gasteiger partial charge >= 0.3 is 0 Å². The molecule has 0 aliphatic rings. The van der Waals surface area contributed by atoms with Gasteiger partial charge in [0.15, 0.2) is 0 Å². The fourth-order valence-electron chi connectivity index (χ4n) is 2.27. The van der Waals surface area contributed by atoms with E-state index in [1.54, 1.807) is 18.2 Å². The maximum absolute atomic E-state index is 12.4. The summed E-state index contributed by atoms with van der Waals surface area (Å²) in [6, 6.07) is 6.94. The Labute approximate surface area is 126 Å². The van der Waals surface area contributed by atoms with Crippen LogP contribution in [0.5, 0.6) is 0 Å². The van der Waals surface area contributed by atoms with Gasteiger partial charge in [-0.2, -0.15) is 0 Å². The molecule has 0 aliphatic heterocycles. The molecule has 0 atom stereocenters. The second-order valence-electron chi connectivity index (χ2n) is 4.91. The van der Waals surface area contributed by atoms with Gasteiger partial charge in [-0.3, -0.25) is 9.36 Å². The standard InChI is InChI=1S/C15H13ClN4O/c1-9-5-10(2)19-14(18-9)7-20-8-17-13-6-11(16)3-4-12(13)15(20)21/h3-6,8H,7H2,1-2H3. The predicted molar refractivity (Wildman–Crippen MR) is 81.6 cm³/mol. The van der Waals surface area contributed by atoms with Gasteiger partial charge in [-0.15, -0.1) is 0 Å². The van der Waals surface area contributed by atoms with E-state index >= 15 is 0 Å². The summed E-state index contributed by atoms with van der Waals surface area (Å²) in [6.07, 6.45) is 1.50. The summed E-state index contributed by atoms with van der Waals surface area (Å²) in [5, 5.41) is 1.09. The average molecular weight is 301 g/mol. The lowest BCUT2D eigenvalue weighted by molar-refractivity contribution is 0.699. The van der Waals surface area contributed by atoms with Crippen molar-refractivity contribution in [3.05, 3.63) is 63.2 Å². The maximum Gasteiger partial charge on any atom is 0.261 e. The molecule has 0 radical (unpaired) electrons. The van der Waals surface area contributed by atoms with E-state index in [1.165, 1.54) is 10.9 Å². The quantitative estimate of drug-likeness (QED) is 0.729. The average Bonchev–Trinajstić information content (AvgIpc) is 2.41. The van der Waals surface area contributed by atoms with Crippen molar-refractivity contribution in [3.8, 4) is 0 Å². The van der Waals surface area contributed by atoms with E-state index in [4.69, 9.17) is 11.6 Å². The largest absolute Gasteiger partial charge is 0.291 e. The molecule has 0 amide bonds. The van der Waals surface area contributed by atoms with Gasteiger partial charge in [0.25, 0.3) is 5.56 Å². The number of aromatic nitrogens is 4. The Kier molecular flexibility index (Phi) is 3.43. The molecule has 0 bridgehead atoms. The minimum atomic E-state index is -0.126. The Morgan fingerprint density at radius 2 is 1.86 bits per heavy atom. The van der Waals surface area contributed by atoms with Crippen molar-refractivity contribution < 1.29 is 0 Å². The fraction of sp³-hybridized carbons (Fsp3) is 0.200. The lowest BCUT2D eigenvalue weighted by atomic mass is 10.2. The third kappa shape index (κ3) is 2.78. The highest BCUT2D eigenvalue weighted by Gasteiger charge is 2.07. The molecule has 0 aliphatic carbocycles. The van der Waals surface area contributed by atoms with E-state index in [2.05, 4.69) is 15.0 Å². The van der Waals surface area contributed by atoms with Crippen molar-refractivity contribution in [2.24, 2.45) is 0 Å². The molecule has 1 aromatic carbocycles. The topological polar surface area (TPSA) is 60.7 Å². The first-order valence-electron chi connectivity index (χ1n) is 6.49. The minimum Gasteiger partial charge on any atom is -0.291 e. The predicted octanol–water partition coefficient (Wildman–Crippen LogP) is 2.51. The first-order chi connectivity index (χ1) is 10.0. The second-order valence-corrected chi connectivity index (χ2v) is 5.34. The molecule has 2 heterocycles. The van der Waals surface area contributed by atoms with Crippen molar-refractivity contribution in [1.29, 1.82) is 0 Å². The molecule has 0 N–H and O–H groups in total. The van der Waals surface area contributed by atoms with Crippen molar-refractivity contribution in [3.63, 3.8) is 0 Å². The van der Waals surface area contributed by atoms with Crippen LogP contribution in [-0.2, 0) is 6.54 Å². The van der Waals surface area contributed by atoms with Crippen LogP contribution in [0, 0.1) is 13.8 Å². The molecule has 21 heavy (non-hydrogen) atoms. The van der Waals surface area contributed by atoms with Crippen LogP contribution in [0.4, 0.5) is 0 Å². The lowest BCUT2D eigenvalue weighted by Crippen LogP contribution is -2.22. The summed E-state index contributed by atoms with van der Waals surface area (Å²) in [6.45, 7) is 4.11. The Morgan fingerprint density at radius 1 is 1.14 bits per heavy atom. The molecule has 0 fully saturated rings. The Balaban J connectivity index is 2.07. The first-order valence-corrected chi connectivity index (χ1v) is 6.86. The zero-order chi connectivity index (χ0) is 15.0. The number of benzene rings is 1. The molecule has 2 aromatic heterocycles. The summed E-state index contributed by atoms with van der Waals surface area (Å²) < 4.78 is 1.50. The molecule has 6 heteroatoms. The van der Waals surface area contributed by atoms with Gasteiger partial charge in [0.05, 0.1) is 23.8 Å². The SMILES string of the molecule is Cc1cc(C)nc(Cn2cnc3cc(Cl)ccc3c2=O)n1. The van der Waals surface area contributed by atoms with Crippen LogP contribution in [-0.4, -0.2) is 19.5 Å². The summed E-state index contributed by atoms with van der Waals surface area (Å²) in [7, 11) is 0. The molecular weight excluding hydrogens is 288 g/mol. The van der Waals surface area contributed by atoms with Crippen LogP contribution in [0.15, 0.2) is 35.4 Å². The van der Waals surface area contributed by atoms with Crippen molar-refractivity contribution in [2.75, 3.05) is 0 Å². The summed E-state index contributed by atoms with van der Waals surface area (Å²) in [4.78, 5) is 25.4. The number of nitrogens with zero attached hydrogens (tertiary/aromatic N) is 4. The van der Waals surface area contributed by atoms with Gasteiger partial charge in [-0.25, -0.2) is 15.0 Å². The molecule has 0 saturated carbocycles. The van der Waals surface area contributed by atoms with Gasteiger partial charge in [-0.05, 0) is 38.1 Å². The molecule has 0 unspecified atom stereocenters. The highest BCUT2D eigenvalue weighted by molar-refractivity contribution is 6.31. The first kappa shape index (κ1) is 13.7. The van der Waals surface area contributed by atoms with Crippen LogP contribution in [0.2, 0.25) is 5.02 Å². The minimum absolute atomic E-state index is 0.126. The van der Waals surface area contributed by atoms with E-state index in [1.807, 2.05) is 19.9 Å². The van der Waals surface area contributed by atoms with Gasteiger partial charge in [-0.1, -0.05) is 11.6 Å². The molecule has 0 spiro atoms. The van der Waals surface area contributed by atoms with Gasteiger partial charge in [0.1, 0.15) is 5.82 Å². The maximum atomic E-state index is 12.4. The summed E-state index contributed by atoms with van der Waals surface area (Å²) in [5.41, 5.74) is 2.22. The van der Waals surface area contributed by atoms with Crippen LogP contribution in [0.3, 0.4) is 0 Å². The number of fused-ring (bicyclic) bond motifs is 1. The molecule has 3 rings (SSSR count). The van der Waals surface area contributed by atoms with Crippen LogP contribution >= 0.6 is 11.6 Å². The van der Waals surface area contributed by atoms with E-state index in [9.17, 15) is 4.79 Å². The summed E-state index contributed by atoms with van der Waals surface area (Å²) >= 11 is 5.91. The number of rotatable bonds is 2. The van der Waals surface area contributed by atoms with Gasteiger partial charge in [0, 0.05) is 16.4 Å². The monoisotopic (exact) mass is 300 g/mol. The Bertz CT molecular complexity index is 868. The summed E-state index contributed by atoms with van der Waals surface area (Å²) in [5.74, 6) is 0.602. The highest BCUT2D eigenvalue weighted by Crippen LogP contribution is 2.14. The molecule has 5 nitrogen and oxygen atoms in total. The number of hydrogen-bond donors (Lipinski definition) is 0. The van der Waals surface area contributed by atoms with Crippen LogP contribution in [0.1, 0.15) is 17.2 Å². The number of halogens is 1. The van der Waals surface area contributed by atoms with Crippen LogP contribution < -0.4 is 5.56 Å². The van der Waals surface area contributed by atoms with Crippen molar-refractivity contribution >= 4 is 22.5 Å². The number of hydrogen-bond acceptors (Lipinski definition) is 4. The molecular formula is C15H13ClN4O. The zero-order valence-corrected chi connectivity index (χ0v) is 12.4. The van der Waals surface area contributed by atoms with Gasteiger partial charge < -0.3 is 0 Å². The molecule has 106 valence electrons. The third-order valence-corrected chi connectivity index (χ3v) is 3.36. The van der Waals surface area contributed by atoms with Crippen molar-refractivity contribution in [2.45, 2.75) is 20.4 Å². The normalized spacial score (nSPS) is 11.0. The van der Waals surface area contributed by atoms with E-state index in [-0.39, 0.29) is 5.56 Å². The third-order valence-electron chi connectivity index (χ3n) is 3.13. The number of aryl methyl sites for hydroxylation is 2. The zero-order valence-electron chi connectivity index (χ0n) is 11.7.